The lowest BCUT2D eigenvalue weighted by Gasteiger charge is -2.25. The van der Waals surface area contributed by atoms with Crippen molar-refractivity contribution in [3.05, 3.63) is 17.6 Å². The molecule has 1 unspecified atom stereocenters. The van der Waals surface area contributed by atoms with Gasteiger partial charge in [-0.1, -0.05) is 0 Å². The van der Waals surface area contributed by atoms with Gasteiger partial charge in [0, 0.05) is 37.7 Å². The van der Waals surface area contributed by atoms with Crippen LogP contribution < -0.4 is 4.74 Å². The number of carbonyl (C=O) groups excluding carboxylic acids is 2. The van der Waals surface area contributed by atoms with Gasteiger partial charge in [0.25, 0.3) is 0 Å². The third kappa shape index (κ3) is 4.81. The Hall–Kier alpha value is -2.07. The van der Waals surface area contributed by atoms with Crippen LogP contribution in [-0.4, -0.2) is 70.9 Å². The second kappa shape index (κ2) is 7.89. The number of piperidine rings is 1. The molecule has 1 aromatic rings. The summed E-state index contributed by atoms with van der Waals surface area (Å²) in [6.45, 7) is 4.10. The van der Waals surface area contributed by atoms with Crippen molar-refractivity contribution in [1.29, 1.82) is 0 Å². The van der Waals surface area contributed by atoms with Gasteiger partial charge in [-0.25, -0.2) is 13.4 Å². The molecule has 0 bridgehead atoms. The van der Waals surface area contributed by atoms with Gasteiger partial charge in [-0.2, -0.15) is 9.29 Å². The fourth-order valence-electron chi connectivity index (χ4n) is 3.35. The average molecular weight is 396 g/mol. The molecule has 2 fully saturated rings. The number of hydrogen-bond acceptors (Lipinski definition) is 7. The zero-order valence-corrected chi connectivity index (χ0v) is 16.4. The van der Waals surface area contributed by atoms with E-state index in [4.69, 9.17) is 4.74 Å². The zero-order chi connectivity index (χ0) is 19.6. The molecule has 3 rings (SSSR count). The summed E-state index contributed by atoms with van der Waals surface area (Å²) in [6.07, 6.45) is 1.40. The van der Waals surface area contributed by atoms with Crippen molar-refractivity contribution in [2.45, 2.75) is 45.6 Å². The molecule has 10 heteroatoms. The van der Waals surface area contributed by atoms with Crippen LogP contribution in [0.15, 0.2) is 6.07 Å². The first-order valence-corrected chi connectivity index (χ1v) is 10.7. The fraction of sp³-hybridized carbons (Fsp3) is 0.647. The van der Waals surface area contributed by atoms with Gasteiger partial charge in [0.15, 0.2) is 0 Å². The van der Waals surface area contributed by atoms with Crippen molar-refractivity contribution < 1.29 is 22.7 Å². The molecule has 27 heavy (non-hydrogen) atoms. The highest BCUT2D eigenvalue weighted by Crippen LogP contribution is 2.20. The molecule has 3 heterocycles. The highest BCUT2D eigenvalue weighted by atomic mass is 32.2. The lowest BCUT2D eigenvalue weighted by Crippen LogP contribution is -2.44. The van der Waals surface area contributed by atoms with E-state index in [0.29, 0.717) is 43.9 Å². The van der Waals surface area contributed by atoms with Crippen LogP contribution in [0.25, 0.3) is 0 Å². The van der Waals surface area contributed by atoms with E-state index in [9.17, 15) is 18.0 Å². The van der Waals surface area contributed by atoms with Crippen molar-refractivity contribution in [2.75, 3.05) is 25.4 Å². The molecule has 0 N–H and O–H groups in total. The first-order chi connectivity index (χ1) is 12.7. The largest absolute Gasteiger partial charge is 0.473 e. The number of aryl methyl sites for hydroxylation is 2. The molecule has 0 radical (unpaired) electrons. The first-order valence-electron chi connectivity index (χ1n) is 9.04. The smallest absolute Gasteiger partial charge is 0.229 e. The van der Waals surface area contributed by atoms with Crippen molar-refractivity contribution in [1.82, 2.24) is 19.2 Å². The topological polar surface area (TPSA) is 110 Å². The van der Waals surface area contributed by atoms with Gasteiger partial charge in [0.05, 0.1) is 12.3 Å². The van der Waals surface area contributed by atoms with Gasteiger partial charge in [-0.05, 0) is 26.7 Å². The Morgan fingerprint density at radius 3 is 2.56 bits per heavy atom. The van der Waals surface area contributed by atoms with Gasteiger partial charge >= 0.3 is 0 Å². The molecular weight excluding hydrogens is 372 g/mol. The second-order valence-corrected chi connectivity index (χ2v) is 8.98. The van der Waals surface area contributed by atoms with Crippen LogP contribution in [0.4, 0.5) is 0 Å². The molecule has 1 aromatic heterocycles. The number of hydrogen-bond donors (Lipinski definition) is 0. The summed E-state index contributed by atoms with van der Waals surface area (Å²) in [5.74, 6) is 0.192. The predicted octanol–water partition coefficient (Wildman–Crippen LogP) is 0.415. The SMILES string of the molecule is Cc1cc(OC2CCN(S(=O)(=O)CCN3C(=O)CCCC3=O)C2)nc(C)n1. The molecule has 2 saturated heterocycles. The van der Waals surface area contributed by atoms with Crippen LogP contribution in [0.5, 0.6) is 5.88 Å². The number of nitrogens with zero attached hydrogens (tertiary/aromatic N) is 4. The van der Waals surface area contributed by atoms with E-state index in [2.05, 4.69) is 9.97 Å². The van der Waals surface area contributed by atoms with E-state index < -0.39 is 10.0 Å². The van der Waals surface area contributed by atoms with E-state index in [-0.39, 0.29) is 36.8 Å². The van der Waals surface area contributed by atoms with E-state index in [1.165, 1.54) is 4.31 Å². The van der Waals surface area contributed by atoms with Crippen LogP contribution in [0.2, 0.25) is 0 Å². The van der Waals surface area contributed by atoms with Crippen LogP contribution in [0.1, 0.15) is 37.2 Å². The number of ether oxygens (including phenoxy) is 1. The highest BCUT2D eigenvalue weighted by molar-refractivity contribution is 7.89. The number of carbonyl (C=O) groups is 2. The number of likely N-dealkylation sites (tertiary alicyclic amines) is 1. The number of rotatable bonds is 6. The maximum atomic E-state index is 12.6. The van der Waals surface area contributed by atoms with Crippen molar-refractivity contribution in [3.63, 3.8) is 0 Å². The molecule has 2 aliphatic heterocycles. The summed E-state index contributed by atoms with van der Waals surface area (Å²) in [4.78, 5) is 33.1. The lowest BCUT2D eigenvalue weighted by atomic mass is 10.1. The Morgan fingerprint density at radius 2 is 1.89 bits per heavy atom. The van der Waals surface area contributed by atoms with E-state index in [1.54, 1.807) is 13.0 Å². The monoisotopic (exact) mass is 396 g/mol. The second-order valence-electron chi connectivity index (χ2n) is 6.89. The molecular formula is C17H24N4O5S. The molecule has 1 atom stereocenters. The molecule has 148 valence electrons. The van der Waals surface area contributed by atoms with Gasteiger partial charge in [-0.3, -0.25) is 14.5 Å². The Kier molecular flexibility index (Phi) is 5.75. The summed E-state index contributed by atoms with van der Waals surface area (Å²) in [5, 5.41) is 0. The molecule has 0 saturated carbocycles. The van der Waals surface area contributed by atoms with Crippen molar-refractivity contribution in [3.8, 4) is 5.88 Å². The molecule has 2 amide bonds. The first kappa shape index (κ1) is 19.7. The molecule has 0 spiro atoms. The van der Waals surface area contributed by atoms with Gasteiger partial charge in [0.2, 0.25) is 27.7 Å². The maximum absolute atomic E-state index is 12.6. The van der Waals surface area contributed by atoms with Crippen LogP contribution in [0.3, 0.4) is 0 Å². The Balaban J connectivity index is 1.56. The van der Waals surface area contributed by atoms with Gasteiger partial charge < -0.3 is 4.74 Å². The third-order valence-corrected chi connectivity index (χ3v) is 6.50. The minimum absolute atomic E-state index is 0.0909. The fourth-order valence-corrected chi connectivity index (χ4v) is 4.79. The van der Waals surface area contributed by atoms with Crippen molar-refractivity contribution in [2.24, 2.45) is 0 Å². The van der Waals surface area contributed by atoms with Crippen LogP contribution >= 0.6 is 0 Å². The van der Waals surface area contributed by atoms with Gasteiger partial charge in [0.1, 0.15) is 11.9 Å². The minimum atomic E-state index is -3.57. The molecule has 9 nitrogen and oxygen atoms in total. The summed E-state index contributed by atoms with van der Waals surface area (Å²) in [6, 6.07) is 1.72. The van der Waals surface area contributed by atoms with Crippen LogP contribution in [-0.2, 0) is 19.6 Å². The minimum Gasteiger partial charge on any atom is -0.473 e. The van der Waals surface area contributed by atoms with Crippen LogP contribution in [0, 0.1) is 13.8 Å². The number of aromatic nitrogens is 2. The zero-order valence-electron chi connectivity index (χ0n) is 15.5. The predicted molar refractivity (Wildman–Crippen MR) is 96.5 cm³/mol. The Labute approximate surface area is 158 Å². The Morgan fingerprint density at radius 1 is 1.19 bits per heavy atom. The summed E-state index contributed by atoms with van der Waals surface area (Å²) in [7, 11) is -3.57. The summed E-state index contributed by atoms with van der Waals surface area (Å²) < 4.78 is 32.4. The number of sulfonamides is 1. The summed E-state index contributed by atoms with van der Waals surface area (Å²) in [5.41, 5.74) is 0.788. The maximum Gasteiger partial charge on any atom is 0.229 e. The molecule has 0 aromatic carbocycles. The van der Waals surface area contributed by atoms with E-state index >= 15 is 0 Å². The normalized spacial score (nSPS) is 21.7. The number of amides is 2. The van der Waals surface area contributed by atoms with Gasteiger partial charge in [-0.15, -0.1) is 0 Å². The lowest BCUT2D eigenvalue weighted by molar-refractivity contribution is -0.147. The average Bonchev–Trinajstić information content (AvgIpc) is 3.02. The Bertz CT molecular complexity index is 805. The van der Waals surface area contributed by atoms with Crippen molar-refractivity contribution >= 4 is 21.8 Å². The quantitative estimate of drug-likeness (QED) is 0.641. The highest BCUT2D eigenvalue weighted by Gasteiger charge is 2.34. The standard InChI is InChI=1S/C17H24N4O5S/c1-12-10-15(19-13(2)18-12)26-14-6-7-20(11-14)27(24,25)9-8-21-16(22)4-3-5-17(21)23/h10,14H,3-9,11H2,1-2H3. The molecule has 2 aliphatic rings. The third-order valence-electron chi connectivity index (χ3n) is 4.69. The summed E-state index contributed by atoms with van der Waals surface area (Å²) >= 11 is 0. The van der Waals surface area contributed by atoms with E-state index in [1.807, 2.05) is 6.92 Å². The molecule has 0 aliphatic carbocycles. The number of imide groups is 1. The van der Waals surface area contributed by atoms with E-state index in [0.717, 1.165) is 10.6 Å².